The first-order valence-corrected chi connectivity index (χ1v) is 11.9. The highest BCUT2D eigenvalue weighted by atomic mass is 32.2. The Bertz CT molecular complexity index is 1520. The van der Waals surface area contributed by atoms with Crippen LogP contribution < -0.4 is 5.56 Å². The maximum Gasteiger partial charge on any atom is 0.269 e. The molecule has 1 unspecified atom stereocenters. The van der Waals surface area contributed by atoms with Crippen LogP contribution in [0, 0.1) is 10.1 Å². The van der Waals surface area contributed by atoms with Gasteiger partial charge in [0.05, 0.1) is 26.8 Å². The average Bonchev–Trinajstić information content (AvgIpc) is 2.85. The van der Waals surface area contributed by atoms with Crippen molar-refractivity contribution in [3.8, 4) is 0 Å². The summed E-state index contributed by atoms with van der Waals surface area (Å²) in [5.41, 5.74) is 0.727. The second-order valence-electron chi connectivity index (χ2n) is 7.81. The Hall–Kier alpha value is -3.89. The van der Waals surface area contributed by atoms with Gasteiger partial charge >= 0.3 is 0 Å². The minimum Gasteiger partial charge on any atom is -0.298 e. The summed E-state index contributed by atoms with van der Waals surface area (Å²) in [6.45, 7) is 1.69. The summed E-state index contributed by atoms with van der Waals surface area (Å²) in [6.07, 6.45) is 0. The number of nitro groups is 1. The molecule has 0 fully saturated rings. The van der Waals surface area contributed by atoms with Crippen LogP contribution in [0.1, 0.15) is 24.4 Å². The number of non-ortho nitro benzene ring substituents is 1. The van der Waals surface area contributed by atoms with E-state index in [1.165, 1.54) is 21.0 Å². The SMILES string of the molecule is CC(c1nc2ccccc2c(=O)n1C)N(Cc1ccccc1)S(=O)(=O)c1ccc([N+](=O)[O-])cc1. The number of rotatable bonds is 7. The van der Waals surface area contributed by atoms with E-state index in [0.29, 0.717) is 10.9 Å². The first kappa shape index (κ1) is 23.3. The van der Waals surface area contributed by atoms with Crippen LogP contribution in [0.5, 0.6) is 0 Å². The predicted octanol–water partition coefficient (Wildman–Crippen LogP) is 3.79. The zero-order valence-corrected chi connectivity index (χ0v) is 19.3. The molecule has 174 valence electrons. The van der Waals surface area contributed by atoms with Crippen molar-refractivity contribution in [1.82, 2.24) is 13.9 Å². The third-order valence-electron chi connectivity index (χ3n) is 5.66. The first-order valence-electron chi connectivity index (χ1n) is 10.5. The van der Waals surface area contributed by atoms with Gasteiger partial charge in [0.15, 0.2) is 0 Å². The Labute approximate surface area is 196 Å². The first-order chi connectivity index (χ1) is 16.2. The molecule has 0 amide bonds. The molecule has 4 rings (SSSR count). The summed E-state index contributed by atoms with van der Waals surface area (Å²) in [5, 5.41) is 11.5. The van der Waals surface area contributed by atoms with Gasteiger partial charge in [-0.2, -0.15) is 4.31 Å². The molecule has 1 atom stereocenters. The van der Waals surface area contributed by atoms with E-state index in [1.807, 2.05) is 6.07 Å². The van der Waals surface area contributed by atoms with Crippen molar-refractivity contribution in [3.63, 3.8) is 0 Å². The number of benzene rings is 3. The molecule has 1 heterocycles. The number of para-hydroxylation sites is 1. The molecule has 10 heteroatoms. The van der Waals surface area contributed by atoms with Crippen LogP contribution in [0.25, 0.3) is 10.9 Å². The molecule has 0 aliphatic rings. The predicted molar refractivity (Wildman–Crippen MR) is 128 cm³/mol. The van der Waals surface area contributed by atoms with Crippen molar-refractivity contribution in [2.75, 3.05) is 0 Å². The lowest BCUT2D eigenvalue weighted by molar-refractivity contribution is -0.384. The van der Waals surface area contributed by atoms with E-state index in [0.717, 1.165) is 17.7 Å². The van der Waals surface area contributed by atoms with Crippen LogP contribution in [0.4, 0.5) is 5.69 Å². The lowest BCUT2D eigenvalue weighted by Crippen LogP contribution is -2.36. The van der Waals surface area contributed by atoms with Gasteiger partial charge in [0.25, 0.3) is 11.2 Å². The van der Waals surface area contributed by atoms with E-state index in [4.69, 9.17) is 0 Å². The minimum absolute atomic E-state index is 0.0179. The second-order valence-corrected chi connectivity index (χ2v) is 9.70. The van der Waals surface area contributed by atoms with E-state index < -0.39 is 21.0 Å². The number of fused-ring (bicyclic) bond motifs is 1. The molecule has 0 N–H and O–H groups in total. The van der Waals surface area contributed by atoms with Crippen LogP contribution in [0.15, 0.2) is 88.6 Å². The van der Waals surface area contributed by atoms with Crippen LogP contribution in [-0.4, -0.2) is 27.2 Å². The molecular formula is C24H22N4O5S. The van der Waals surface area contributed by atoms with Gasteiger partial charge < -0.3 is 0 Å². The van der Waals surface area contributed by atoms with Crippen molar-refractivity contribution >= 4 is 26.6 Å². The topological polar surface area (TPSA) is 115 Å². The van der Waals surface area contributed by atoms with E-state index in [2.05, 4.69) is 4.98 Å². The van der Waals surface area contributed by atoms with Crippen LogP contribution in [0.3, 0.4) is 0 Å². The van der Waals surface area contributed by atoms with E-state index >= 15 is 0 Å². The summed E-state index contributed by atoms with van der Waals surface area (Å²) in [7, 11) is -2.55. The molecule has 0 bridgehead atoms. The van der Waals surface area contributed by atoms with Gasteiger partial charge in [0.2, 0.25) is 10.0 Å². The molecule has 34 heavy (non-hydrogen) atoms. The molecule has 4 aromatic rings. The fourth-order valence-electron chi connectivity index (χ4n) is 3.81. The minimum atomic E-state index is -4.12. The van der Waals surface area contributed by atoms with Crippen molar-refractivity contribution in [3.05, 3.63) is 111 Å². The molecule has 1 aromatic heterocycles. The summed E-state index contributed by atoms with van der Waals surface area (Å²) in [6, 6.07) is 19.9. The van der Waals surface area contributed by atoms with E-state index in [9.17, 15) is 23.3 Å². The molecule has 0 aliphatic heterocycles. The standard InChI is InChI=1S/C24H22N4O5S/c1-17(23-25-22-11-7-6-10-21(22)24(29)26(23)2)27(16-18-8-4-3-5-9-18)34(32,33)20-14-12-19(13-15-20)28(30)31/h3-15,17H,16H2,1-2H3. The lowest BCUT2D eigenvalue weighted by Gasteiger charge is -2.29. The summed E-state index contributed by atoms with van der Waals surface area (Å²) in [4.78, 5) is 27.9. The van der Waals surface area contributed by atoms with Gasteiger partial charge in [-0.25, -0.2) is 13.4 Å². The van der Waals surface area contributed by atoms with Crippen LogP contribution >= 0.6 is 0 Å². The molecule has 0 saturated heterocycles. The lowest BCUT2D eigenvalue weighted by atomic mass is 10.2. The Morgan fingerprint density at radius 3 is 2.26 bits per heavy atom. The summed E-state index contributed by atoms with van der Waals surface area (Å²) >= 11 is 0. The number of nitrogens with zero attached hydrogens (tertiary/aromatic N) is 4. The monoisotopic (exact) mass is 478 g/mol. The van der Waals surface area contributed by atoms with Crippen LogP contribution in [0.2, 0.25) is 0 Å². The van der Waals surface area contributed by atoms with Crippen molar-refractivity contribution < 1.29 is 13.3 Å². The summed E-state index contributed by atoms with van der Waals surface area (Å²) < 4.78 is 30.1. The van der Waals surface area contributed by atoms with Gasteiger partial charge in [-0.15, -0.1) is 0 Å². The average molecular weight is 479 g/mol. The van der Waals surface area contributed by atoms with Gasteiger partial charge in [0.1, 0.15) is 5.82 Å². The molecule has 0 saturated carbocycles. The molecular weight excluding hydrogens is 456 g/mol. The second kappa shape index (κ2) is 9.16. The number of nitro benzene ring substituents is 1. The van der Waals surface area contributed by atoms with Crippen molar-refractivity contribution in [1.29, 1.82) is 0 Å². The highest BCUT2D eigenvalue weighted by molar-refractivity contribution is 7.89. The highest BCUT2D eigenvalue weighted by Gasteiger charge is 2.33. The largest absolute Gasteiger partial charge is 0.298 e. The van der Waals surface area contributed by atoms with Crippen molar-refractivity contribution in [2.45, 2.75) is 24.4 Å². The molecule has 3 aromatic carbocycles. The van der Waals surface area contributed by atoms with Gasteiger partial charge in [-0.05, 0) is 36.8 Å². The number of hydrogen-bond donors (Lipinski definition) is 0. The fourth-order valence-corrected chi connectivity index (χ4v) is 5.39. The smallest absolute Gasteiger partial charge is 0.269 e. The van der Waals surface area contributed by atoms with Gasteiger partial charge in [-0.1, -0.05) is 42.5 Å². The fraction of sp³-hybridized carbons (Fsp3) is 0.167. The highest BCUT2D eigenvalue weighted by Crippen LogP contribution is 2.29. The zero-order valence-electron chi connectivity index (χ0n) is 18.5. The normalized spacial score (nSPS) is 12.7. The maximum absolute atomic E-state index is 13.7. The third-order valence-corrected chi connectivity index (χ3v) is 7.59. The Kier molecular flexibility index (Phi) is 6.27. The Morgan fingerprint density at radius 1 is 1.00 bits per heavy atom. The Morgan fingerprint density at radius 2 is 1.62 bits per heavy atom. The molecule has 9 nitrogen and oxygen atoms in total. The number of aromatic nitrogens is 2. The summed E-state index contributed by atoms with van der Waals surface area (Å²) in [5.74, 6) is 0.283. The van der Waals surface area contributed by atoms with E-state index in [-0.39, 0.29) is 28.5 Å². The van der Waals surface area contributed by atoms with Crippen molar-refractivity contribution in [2.24, 2.45) is 7.05 Å². The zero-order chi connectivity index (χ0) is 24.5. The van der Waals surface area contributed by atoms with Gasteiger partial charge in [-0.3, -0.25) is 19.5 Å². The van der Waals surface area contributed by atoms with E-state index in [1.54, 1.807) is 62.5 Å². The Balaban J connectivity index is 1.85. The van der Waals surface area contributed by atoms with Crippen LogP contribution in [-0.2, 0) is 23.6 Å². The molecule has 0 spiro atoms. The quantitative estimate of drug-likeness (QED) is 0.295. The van der Waals surface area contributed by atoms with Gasteiger partial charge in [0, 0.05) is 25.7 Å². The molecule has 0 aliphatic carbocycles. The molecule has 0 radical (unpaired) electrons. The maximum atomic E-state index is 13.7. The number of hydrogen-bond acceptors (Lipinski definition) is 6. The number of sulfonamides is 1. The third kappa shape index (κ3) is 4.33.